The van der Waals surface area contributed by atoms with E-state index in [1.54, 1.807) is 19.1 Å². The fraction of sp³-hybridized carbons (Fsp3) is 0.611. The van der Waals surface area contributed by atoms with Crippen molar-refractivity contribution in [2.75, 3.05) is 45.9 Å². The summed E-state index contributed by atoms with van der Waals surface area (Å²) in [6, 6.07) is 4.72. The number of rotatable bonds is 4. The van der Waals surface area contributed by atoms with Gasteiger partial charge in [0.05, 0.1) is 18.1 Å². The third kappa shape index (κ3) is 4.16. The number of nitro groups is 1. The average Bonchev–Trinajstić information content (AvgIpc) is 2.62. The lowest BCUT2D eigenvalue weighted by atomic mass is 9.95. The van der Waals surface area contributed by atoms with Crippen LogP contribution in [0, 0.1) is 23.0 Å². The molecule has 7 heteroatoms. The summed E-state index contributed by atoms with van der Waals surface area (Å²) < 4.78 is 5.38. The molecule has 2 aliphatic heterocycles. The van der Waals surface area contributed by atoms with Gasteiger partial charge in [0, 0.05) is 49.9 Å². The maximum Gasteiger partial charge on any atom is 0.273 e. The predicted molar refractivity (Wildman–Crippen MR) is 93.7 cm³/mol. The molecule has 0 atom stereocenters. The number of hydrogen-bond acceptors (Lipinski definition) is 5. The van der Waals surface area contributed by atoms with Gasteiger partial charge in [-0.1, -0.05) is 6.07 Å². The molecule has 2 fully saturated rings. The number of benzene rings is 1. The van der Waals surface area contributed by atoms with Gasteiger partial charge < -0.3 is 9.64 Å². The highest BCUT2D eigenvalue weighted by atomic mass is 16.6. The van der Waals surface area contributed by atoms with E-state index in [4.69, 9.17) is 4.74 Å². The van der Waals surface area contributed by atoms with Gasteiger partial charge in [0.2, 0.25) is 0 Å². The van der Waals surface area contributed by atoms with E-state index in [9.17, 15) is 14.9 Å². The topological polar surface area (TPSA) is 75.9 Å². The molecule has 2 heterocycles. The molecule has 0 saturated carbocycles. The molecule has 0 aromatic heterocycles. The lowest BCUT2D eigenvalue weighted by Crippen LogP contribution is -2.44. The Bertz CT molecular complexity index is 635. The fourth-order valence-corrected chi connectivity index (χ4v) is 3.69. The van der Waals surface area contributed by atoms with Crippen LogP contribution in [-0.2, 0) is 4.74 Å². The zero-order valence-electron chi connectivity index (χ0n) is 14.6. The number of carbonyl (C=O) groups is 1. The third-order valence-electron chi connectivity index (χ3n) is 5.25. The molecule has 0 bridgehead atoms. The Labute approximate surface area is 147 Å². The van der Waals surface area contributed by atoms with Crippen LogP contribution >= 0.6 is 0 Å². The van der Waals surface area contributed by atoms with Crippen molar-refractivity contribution >= 4 is 11.6 Å². The van der Waals surface area contributed by atoms with Gasteiger partial charge in [0.25, 0.3) is 11.6 Å². The minimum absolute atomic E-state index is 0.00746. The van der Waals surface area contributed by atoms with Crippen molar-refractivity contribution in [2.45, 2.75) is 19.8 Å². The standard InChI is InChI=1S/C18H25N3O4/c1-14-16(3-2-4-17(14)21(23)24)18(22)20-7-5-15(6-8-20)13-19-9-11-25-12-10-19/h2-4,15H,5-13H2,1H3. The lowest BCUT2D eigenvalue weighted by molar-refractivity contribution is -0.385. The molecule has 1 aromatic rings. The van der Waals surface area contributed by atoms with Gasteiger partial charge in [-0.2, -0.15) is 0 Å². The summed E-state index contributed by atoms with van der Waals surface area (Å²) in [4.78, 5) is 27.7. The van der Waals surface area contributed by atoms with Gasteiger partial charge in [0.1, 0.15) is 0 Å². The van der Waals surface area contributed by atoms with Crippen molar-refractivity contribution < 1.29 is 14.5 Å². The van der Waals surface area contributed by atoms with Gasteiger partial charge in [0.15, 0.2) is 0 Å². The molecule has 2 aliphatic rings. The molecule has 0 radical (unpaired) electrons. The second-order valence-electron chi connectivity index (χ2n) is 6.86. The smallest absolute Gasteiger partial charge is 0.273 e. The number of amides is 1. The van der Waals surface area contributed by atoms with Crippen LogP contribution in [0.5, 0.6) is 0 Å². The van der Waals surface area contributed by atoms with Crippen LogP contribution in [-0.4, -0.2) is 66.6 Å². The molecule has 0 aliphatic carbocycles. The lowest BCUT2D eigenvalue weighted by Gasteiger charge is -2.36. The Hall–Kier alpha value is -1.99. The molecular formula is C18H25N3O4. The first-order valence-electron chi connectivity index (χ1n) is 8.89. The molecule has 136 valence electrons. The third-order valence-corrected chi connectivity index (χ3v) is 5.25. The van der Waals surface area contributed by atoms with Gasteiger partial charge in [-0.05, 0) is 31.7 Å². The summed E-state index contributed by atoms with van der Waals surface area (Å²) in [5, 5.41) is 11.1. The molecule has 0 N–H and O–H groups in total. The number of nitrogens with zero attached hydrogens (tertiary/aromatic N) is 3. The minimum atomic E-state index is -0.430. The van der Waals surface area contributed by atoms with Crippen LogP contribution in [0.4, 0.5) is 5.69 Å². The first-order chi connectivity index (χ1) is 12.1. The van der Waals surface area contributed by atoms with Gasteiger partial charge in [-0.3, -0.25) is 19.8 Å². The summed E-state index contributed by atoms with van der Waals surface area (Å²) in [5.41, 5.74) is 0.904. The number of piperidine rings is 1. The molecule has 1 aromatic carbocycles. The van der Waals surface area contributed by atoms with Crippen molar-refractivity contribution in [2.24, 2.45) is 5.92 Å². The Morgan fingerprint density at radius 3 is 2.56 bits per heavy atom. The van der Waals surface area contributed by atoms with E-state index < -0.39 is 4.92 Å². The minimum Gasteiger partial charge on any atom is -0.379 e. The number of ether oxygens (including phenoxy) is 1. The monoisotopic (exact) mass is 347 g/mol. The second-order valence-corrected chi connectivity index (χ2v) is 6.86. The highest BCUT2D eigenvalue weighted by molar-refractivity contribution is 5.96. The van der Waals surface area contributed by atoms with Crippen molar-refractivity contribution in [1.82, 2.24) is 9.80 Å². The van der Waals surface area contributed by atoms with Crippen molar-refractivity contribution in [3.8, 4) is 0 Å². The molecular weight excluding hydrogens is 322 g/mol. The van der Waals surface area contributed by atoms with Crippen LogP contribution in [0.15, 0.2) is 18.2 Å². The van der Waals surface area contributed by atoms with E-state index in [0.717, 1.165) is 58.8 Å². The van der Waals surface area contributed by atoms with Crippen LogP contribution in [0.2, 0.25) is 0 Å². The molecule has 0 unspecified atom stereocenters. The second kappa shape index (κ2) is 7.93. The SMILES string of the molecule is Cc1c(C(=O)N2CCC(CN3CCOCC3)CC2)cccc1[N+](=O)[O-]. The fourth-order valence-electron chi connectivity index (χ4n) is 3.69. The summed E-state index contributed by atoms with van der Waals surface area (Å²) in [7, 11) is 0. The summed E-state index contributed by atoms with van der Waals surface area (Å²) >= 11 is 0. The highest BCUT2D eigenvalue weighted by Gasteiger charge is 2.27. The number of likely N-dealkylation sites (tertiary alicyclic amines) is 1. The van der Waals surface area contributed by atoms with Crippen LogP contribution < -0.4 is 0 Å². The summed E-state index contributed by atoms with van der Waals surface area (Å²) in [5.74, 6) is 0.513. The van der Waals surface area contributed by atoms with Gasteiger partial charge in [-0.15, -0.1) is 0 Å². The Morgan fingerprint density at radius 2 is 1.92 bits per heavy atom. The van der Waals surface area contributed by atoms with Crippen molar-refractivity contribution in [1.29, 1.82) is 0 Å². The molecule has 1 amide bonds. The number of hydrogen-bond donors (Lipinski definition) is 0. The molecule has 2 saturated heterocycles. The van der Waals surface area contributed by atoms with Crippen molar-refractivity contribution in [3.63, 3.8) is 0 Å². The summed E-state index contributed by atoms with van der Waals surface area (Å²) in [6.45, 7) is 7.76. The molecule has 25 heavy (non-hydrogen) atoms. The van der Waals surface area contributed by atoms with E-state index >= 15 is 0 Å². The average molecular weight is 347 g/mol. The summed E-state index contributed by atoms with van der Waals surface area (Å²) in [6.07, 6.45) is 1.97. The molecule has 7 nitrogen and oxygen atoms in total. The molecule has 0 spiro atoms. The van der Waals surface area contributed by atoms with E-state index in [1.165, 1.54) is 6.07 Å². The van der Waals surface area contributed by atoms with Gasteiger partial charge in [-0.25, -0.2) is 0 Å². The van der Waals surface area contributed by atoms with E-state index in [1.807, 2.05) is 4.90 Å². The first kappa shape index (κ1) is 17.8. The van der Waals surface area contributed by atoms with E-state index in [0.29, 0.717) is 17.0 Å². The normalized spacial score (nSPS) is 19.8. The zero-order chi connectivity index (χ0) is 17.8. The maximum absolute atomic E-state index is 12.8. The van der Waals surface area contributed by atoms with Crippen LogP contribution in [0.3, 0.4) is 0 Å². The Balaban J connectivity index is 1.58. The molecule has 3 rings (SSSR count). The number of nitro benzene ring substituents is 1. The first-order valence-corrected chi connectivity index (χ1v) is 8.89. The number of carbonyl (C=O) groups excluding carboxylic acids is 1. The van der Waals surface area contributed by atoms with E-state index in [-0.39, 0.29) is 11.6 Å². The highest BCUT2D eigenvalue weighted by Crippen LogP contribution is 2.25. The van der Waals surface area contributed by atoms with Crippen molar-refractivity contribution in [3.05, 3.63) is 39.4 Å². The van der Waals surface area contributed by atoms with Crippen LogP contribution in [0.25, 0.3) is 0 Å². The van der Waals surface area contributed by atoms with Gasteiger partial charge >= 0.3 is 0 Å². The Morgan fingerprint density at radius 1 is 1.24 bits per heavy atom. The predicted octanol–water partition coefficient (Wildman–Crippen LogP) is 2.09. The largest absolute Gasteiger partial charge is 0.379 e. The zero-order valence-corrected chi connectivity index (χ0v) is 14.6. The van der Waals surface area contributed by atoms with Crippen LogP contribution in [0.1, 0.15) is 28.8 Å². The Kier molecular flexibility index (Phi) is 5.65. The number of morpholine rings is 1. The quantitative estimate of drug-likeness (QED) is 0.616. The van der Waals surface area contributed by atoms with E-state index in [2.05, 4.69) is 4.90 Å². The maximum atomic E-state index is 12.8.